The smallest absolute Gasteiger partial charge is 0.335 e. The van der Waals surface area contributed by atoms with Crippen LogP contribution >= 0.6 is 23.2 Å². The van der Waals surface area contributed by atoms with E-state index in [2.05, 4.69) is 62.4 Å². The number of carbonyl (C=O) groups is 1. The van der Waals surface area contributed by atoms with Crippen LogP contribution in [-0.2, 0) is 12.8 Å². The molecule has 0 unspecified atom stereocenters. The second kappa shape index (κ2) is 11.5. The molecule has 0 saturated carbocycles. The van der Waals surface area contributed by atoms with Crippen LogP contribution in [0.15, 0.2) is 97.2 Å². The molecule has 1 aromatic heterocycles. The van der Waals surface area contributed by atoms with Gasteiger partial charge in [0.05, 0.1) is 16.3 Å². The van der Waals surface area contributed by atoms with Crippen molar-refractivity contribution in [1.29, 1.82) is 0 Å². The number of aromatic nitrogens is 2. The Hall–Kier alpha value is -3.86. The molecular weight excluding hydrogens is 527 g/mol. The van der Waals surface area contributed by atoms with Crippen molar-refractivity contribution in [2.75, 3.05) is 0 Å². The zero-order valence-electron chi connectivity index (χ0n) is 21.7. The van der Waals surface area contributed by atoms with E-state index in [4.69, 9.17) is 28.2 Å². The molecule has 0 aliphatic carbocycles. The molecule has 5 aromatic rings. The molecule has 0 fully saturated rings. The van der Waals surface area contributed by atoms with Gasteiger partial charge >= 0.3 is 5.97 Å². The van der Waals surface area contributed by atoms with E-state index in [1.54, 1.807) is 36.4 Å². The van der Waals surface area contributed by atoms with Gasteiger partial charge in [0, 0.05) is 28.9 Å². The number of imidazole rings is 1. The van der Waals surface area contributed by atoms with Gasteiger partial charge in [-0.05, 0) is 77.1 Å². The first-order chi connectivity index (χ1) is 18.8. The van der Waals surface area contributed by atoms with E-state index in [9.17, 15) is 9.90 Å². The standard InChI is InChI=1S/C33H28Cl2N2O2/c1-21(2)17-22-3-7-24(8-4-22)25-9-5-23(6-10-25)18-32-36-31(29-16-13-27(34)19-30(29)35)20-37(32)28-14-11-26(12-15-28)33(38)39/h3-16,19-21H,17-18H2,1-2H3,(H,38,39). The van der Waals surface area contributed by atoms with E-state index < -0.39 is 5.97 Å². The van der Waals surface area contributed by atoms with Crippen LogP contribution < -0.4 is 0 Å². The molecule has 0 aliphatic rings. The van der Waals surface area contributed by atoms with E-state index in [1.165, 1.54) is 11.1 Å². The third-order valence-corrected chi connectivity index (χ3v) is 7.17. The minimum Gasteiger partial charge on any atom is -0.478 e. The second-order valence-corrected chi connectivity index (χ2v) is 10.9. The van der Waals surface area contributed by atoms with Crippen LogP contribution in [0.5, 0.6) is 0 Å². The number of carboxylic acid groups (broad SMARTS) is 1. The highest BCUT2D eigenvalue weighted by Crippen LogP contribution is 2.31. The van der Waals surface area contributed by atoms with E-state index in [0.29, 0.717) is 28.1 Å². The number of nitrogens with zero attached hydrogens (tertiary/aromatic N) is 2. The largest absolute Gasteiger partial charge is 0.478 e. The molecule has 0 aliphatic heterocycles. The summed E-state index contributed by atoms with van der Waals surface area (Å²) in [5.41, 5.74) is 7.35. The van der Waals surface area contributed by atoms with Crippen molar-refractivity contribution in [3.05, 3.63) is 130 Å². The lowest BCUT2D eigenvalue weighted by molar-refractivity contribution is 0.0697. The van der Waals surface area contributed by atoms with Crippen molar-refractivity contribution in [1.82, 2.24) is 9.55 Å². The van der Waals surface area contributed by atoms with Gasteiger partial charge in [0.1, 0.15) is 5.82 Å². The molecule has 0 atom stereocenters. The summed E-state index contributed by atoms with van der Waals surface area (Å²) in [6.07, 6.45) is 3.58. The molecule has 6 heteroatoms. The highest BCUT2D eigenvalue weighted by atomic mass is 35.5. The average molecular weight is 556 g/mol. The van der Waals surface area contributed by atoms with Crippen molar-refractivity contribution in [3.8, 4) is 28.1 Å². The Balaban J connectivity index is 1.46. The molecule has 0 bridgehead atoms. The Labute approximate surface area is 238 Å². The summed E-state index contributed by atoms with van der Waals surface area (Å²) < 4.78 is 1.98. The minimum absolute atomic E-state index is 0.231. The number of benzene rings is 4. The Morgan fingerprint density at radius 1 is 0.846 bits per heavy atom. The molecule has 196 valence electrons. The summed E-state index contributed by atoms with van der Waals surface area (Å²) in [6.45, 7) is 4.46. The van der Waals surface area contributed by atoms with Crippen molar-refractivity contribution < 1.29 is 9.90 Å². The zero-order chi connectivity index (χ0) is 27.5. The molecule has 0 saturated heterocycles. The third kappa shape index (κ3) is 6.25. The van der Waals surface area contributed by atoms with Gasteiger partial charge in [0.15, 0.2) is 0 Å². The van der Waals surface area contributed by atoms with Crippen LogP contribution in [0.4, 0.5) is 0 Å². The SMILES string of the molecule is CC(C)Cc1ccc(-c2ccc(Cc3nc(-c4ccc(Cl)cc4Cl)cn3-c3ccc(C(=O)O)cc3)cc2)cc1. The molecule has 5 rings (SSSR count). The average Bonchev–Trinajstić information content (AvgIpc) is 3.32. The van der Waals surface area contributed by atoms with Gasteiger partial charge in [-0.25, -0.2) is 9.78 Å². The maximum absolute atomic E-state index is 11.4. The van der Waals surface area contributed by atoms with Crippen LogP contribution in [0.3, 0.4) is 0 Å². The van der Waals surface area contributed by atoms with Gasteiger partial charge in [-0.2, -0.15) is 0 Å². The summed E-state index contributed by atoms with van der Waals surface area (Å²) in [5, 5.41) is 10.4. The summed E-state index contributed by atoms with van der Waals surface area (Å²) >= 11 is 12.6. The predicted octanol–water partition coefficient (Wildman–Crippen LogP) is 9.00. The van der Waals surface area contributed by atoms with Gasteiger partial charge in [-0.3, -0.25) is 0 Å². The first-order valence-corrected chi connectivity index (χ1v) is 13.6. The first kappa shape index (κ1) is 26.7. The van der Waals surface area contributed by atoms with Crippen molar-refractivity contribution in [3.63, 3.8) is 0 Å². The van der Waals surface area contributed by atoms with Crippen molar-refractivity contribution >= 4 is 29.2 Å². The lowest BCUT2D eigenvalue weighted by atomic mass is 9.98. The number of aromatic carboxylic acids is 1. The Morgan fingerprint density at radius 2 is 1.46 bits per heavy atom. The molecular formula is C33H28Cl2N2O2. The van der Waals surface area contributed by atoms with Gasteiger partial charge in [-0.1, -0.05) is 85.6 Å². The highest BCUT2D eigenvalue weighted by Gasteiger charge is 2.15. The van der Waals surface area contributed by atoms with Crippen LogP contribution in [0.2, 0.25) is 10.0 Å². The van der Waals surface area contributed by atoms with E-state index >= 15 is 0 Å². The van der Waals surface area contributed by atoms with Crippen LogP contribution in [-0.4, -0.2) is 20.6 Å². The molecule has 0 spiro atoms. The van der Waals surface area contributed by atoms with E-state index in [0.717, 1.165) is 34.6 Å². The summed E-state index contributed by atoms with van der Waals surface area (Å²) in [4.78, 5) is 16.3. The molecule has 1 N–H and O–H groups in total. The van der Waals surface area contributed by atoms with E-state index in [1.807, 2.05) is 16.8 Å². The zero-order valence-corrected chi connectivity index (χ0v) is 23.2. The van der Waals surface area contributed by atoms with Crippen LogP contribution in [0.25, 0.3) is 28.1 Å². The van der Waals surface area contributed by atoms with Crippen molar-refractivity contribution in [2.24, 2.45) is 5.92 Å². The number of hydrogen-bond acceptors (Lipinski definition) is 2. The molecule has 4 nitrogen and oxygen atoms in total. The molecule has 1 heterocycles. The highest BCUT2D eigenvalue weighted by molar-refractivity contribution is 6.36. The molecule has 39 heavy (non-hydrogen) atoms. The van der Waals surface area contributed by atoms with E-state index in [-0.39, 0.29) is 5.56 Å². The molecule has 4 aromatic carbocycles. The lowest BCUT2D eigenvalue weighted by Gasteiger charge is -2.10. The van der Waals surface area contributed by atoms with Crippen LogP contribution in [0.1, 0.15) is 41.2 Å². The maximum atomic E-state index is 11.4. The maximum Gasteiger partial charge on any atom is 0.335 e. The number of rotatable bonds is 8. The topological polar surface area (TPSA) is 55.1 Å². The fourth-order valence-corrected chi connectivity index (χ4v) is 5.17. The monoisotopic (exact) mass is 554 g/mol. The number of halogens is 2. The van der Waals surface area contributed by atoms with Gasteiger partial charge in [0.2, 0.25) is 0 Å². The fraction of sp³-hybridized carbons (Fsp3) is 0.152. The third-order valence-electron chi connectivity index (χ3n) is 6.63. The Morgan fingerprint density at radius 3 is 2.03 bits per heavy atom. The molecule has 0 amide bonds. The summed E-state index contributed by atoms with van der Waals surface area (Å²) in [7, 11) is 0. The minimum atomic E-state index is -0.962. The molecule has 0 radical (unpaired) electrons. The Bertz CT molecular complexity index is 1600. The fourth-order valence-electron chi connectivity index (χ4n) is 4.66. The van der Waals surface area contributed by atoms with Gasteiger partial charge in [-0.15, -0.1) is 0 Å². The quantitative estimate of drug-likeness (QED) is 0.208. The lowest BCUT2D eigenvalue weighted by Crippen LogP contribution is -2.03. The van der Waals surface area contributed by atoms with Gasteiger partial charge < -0.3 is 9.67 Å². The second-order valence-electron chi connectivity index (χ2n) is 10.1. The Kier molecular flexibility index (Phi) is 7.87. The normalized spacial score (nSPS) is 11.2. The number of hydrogen-bond donors (Lipinski definition) is 1. The van der Waals surface area contributed by atoms with Crippen molar-refractivity contribution in [2.45, 2.75) is 26.7 Å². The predicted molar refractivity (Wildman–Crippen MR) is 159 cm³/mol. The summed E-state index contributed by atoms with van der Waals surface area (Å²) in [5.74, 6) is 0.481. The first-order valence-electron chi connectivity index (χ1n) is 12.8. The van der Waals surface area contributed by atoms with Gasteiger partial charge in [0.25, 0.3) is 0 Å². The number of carboxylic acids is 1. The summed E-state index contributed by atoms with van der Waals surface area (Å²) in [6, 6.07) is 29.4. The van der Waals surface area contributed by atoms with Crippen LogP contribution in [0, 0.1) is 5.92 Å².